The second-order valence-electron chi connectivity index (χ2n) is 5.50. The predicted molar refractivity (Wildman–Crippen MR) is 87.7 cm³/mol. The Bertz CT molecular complexity index is 679. The molecule has 1 heterocycles. The fourth-order valence-electron chi connectivity index (χ4n) is 2.42. The first kappa shape index (κ1) is 14.4. The molecule has 2 aromatic carbocycles. The van der Waals surface area contributed by atoms with Crippen LogP contribution in [0.3, 0.4) is 0 Å². The van der Waals surface area contributed by atoms with Gasteiger partial charge in [-0.05, 0) is 35.4 Å². The second kappa shape index (κ2) is 6.07. The lowest BCUT2D eigenvalue weighted by molar-refractivity contribution is 0.199. The van der Waals surface area contributed by atoms with Crippen molar-refractivity contribution in [3.63, 3.8) is 0 Å². The Labute approximate surface area is 129 Å². The van der Waals surface area contributed by atoms with E-state index in [0.717, 1.165) is 24.2 Å². The first-order chi connectivity index (χ1) is 10.7. The number of nitrogens with one attached hydrogen (secondary N) is 2. The number of benzene rings is 2. The molecule has 0 amide bonds. The molecule has 0 atom stereocenters. The number of hydrogen-bond donors (Lipinski definition) is 4. The van der Waals surface area contributed by atoms with Gasteiger partial charge in [0.1, 0.15) is 11.5 Å². The van der Waals surface area contributed by atoms with Gasteiger partial charge in [0.2, 0.25) is 0 Å². The Kier molecular flexibility index (Phi) is 3.98. The highest BCUT2D eigenvalue weighted by molar-refractivity contribution is 5.91. The average molecular weight is 297 g/mol. The molecule has 5 heteroatoms. The summed E-state index contributed by atoms with van der Waals surface area (Å²) in [5.74, 6) is 1.36. The smallest absolute Gasteiger partial charge is 0.130 e. The summed E-state index contributed by atoms with van der Waals surface area (Å²) in [6, 6.07) is 10.6. The van der Waals surface area contributed by atoms with Crippen molar-refractivity contribution in [1.82, 2.24) is 5.32 Å². The molecule has 3 rings (SSSR count). The largest absolute Gasteiger partial charge is 0.508 e. The van der Waals surface area contributed by atoms with Crippen LogP contribution in [0.25, 0.3) is 11.1 Å². The number of nitrogens with two attached hydrogens (primary N) is 1. The standard InChI is InChI=1S/C17H19N3O2/c18-7-15-16(19)5-13(12-1-3-14(21)4-2-12)6-17(15)22-10-11-8-20-9-11/h1-7,11,18,20-21H,8-10,19H2. The number of rotatable bonds is 5. The van der Waals surface area contributed by atoms with E-state index in [2.05, 4.69) is 5.32 Å². The third-order valence-corrected chi connectivity index (χ3v) is 3.86. The molecule has 0 saturated carbocycles. The minimum atomic E-state index is 0.224. The summed E-state index contributed by atoms with van der Waals surface area (Å²) in [7, 11) is 0. The summed E-state index contributed by atoms with van der Waals surface area (Å²) in [5, 5.41) is 20.1. The zero-order valence-electron chi connectivity index (χ0n) is 12.2. The van der Waals surface area contributed by atoms with Crippen LogP contribution in [0.2, 0.25) is 0 Å². The van der Waals surface area contributed by atoms with Crippen LogP contribution in [0, 0.1) is 11.3 Å². The number of ether oxygens (including phenoxy) is 1. The van der Waals surface area contributed by atoms with Crippen LogP contribution in [-0.2, 0) is 0 Å². The number of hydrogen-bond acceptors (Lipinski definition) is 5. The van der Waals surface area contributed by atoms with Gasteiger partial charge in [-0.25, -0.2) is 0 Å². The third-order valence-electron chi connectivity index (χ3n) is 3.86. The van der Waals surface area contributed by atoms with Gasteiger partial charge in [-0.15, -0.1) is 0 Å². The van der Waals surface area contributed by atoms with Gasteiger partial charge >= 0.3 is 0 Å². The summed E-state index contributed by atoms with van der Waals surface area (Å²) < 4.78 is 5.88. The molecule has 0 radical (unpaired) electrons. The quantitative estimate of drug-likeness (QED) is 0.503. The van der Waals surface area contributed by atoms with Crippen LogP contribution in [0.5, 0.6) is 11.5 Å². The number of aromatic hydroxyl groups is 1. The lowest BCUT2D eigenvalue weighted by Crippen LogP contribution is -2.45. The van der Waals surface area contributed by atoms with Crippen LogP contribution in [0.1, 0.15) is 5.56 Å². The fraction of sp³-hybridized carbons (Fsp3) is 0.235. The van der Waals surface area contributed by atoms with Crippen molar-refractivity contribution in [2.45, 2.75) is 0 Å². The zero-order valence-corrected chi connectivity index (χ0v) is 12.2. The van der Waals surface area contributed by atoms with E-state index in [0.29, 0.717) is 29.5 Å². The Morgan fingerprint density at radius 2 is 1.95 bits per heavy atom. The minimum Gasteiger partial charge on any atom is -0.508 e. The summed E-state index contributed by atoms with van der Waals surface area (Å²) >= 11 is 0. The maximum absolute atomic E-state index is 9.39. The van der Waals surface area contributed by atoms with Crippen LogP contribution < -0.4 is 15.8 Å². The first-order valence-electron chi connectivity index (χ1n) is 7.24. The van der Waals surface area contributed by atoms with Gasteiger partial charge in [0.15, 0.2) is 0 Å². The molecule has 5 N–H and O–H groups in total. The van der Waals surface area contributed by atoms with E-state index < -0.39 is 0 Å². The van der Waals surface area contributed by atoms with Gasteiger partial charge < -0.3 is 26.3 Å². The van der Waals surface area contributed by atoms with E-state index in [-0.39, 0.29) is 5.75 Å². The number of phenolic OH excluding ortho intramolecular Hbond substituents is 1. The van der Waals surface area contributed by atoms with E-state index >= 15 is 0 Å². The molecule has 1 aliphatic heterocycles. The second-order valence-corrected chi connectivity index (χ2v) is 5.50. The highest BCUT2D eigenvalue weighted by atomic mass is 16.5. The summed E-state index contributed by atoms with van der Waals surface area (Å²) in [6.45, 7) is 2.55. The minimum absolute atomic E-state index is 0.224. The highest BCUT2D eigenvalue weighted by Crippen LogP contribution is 2.32. The van der Waals surface area contributed by atoms with E-state index in [9.17, 15) is 5.11 Å². The van der Waals surface area contributed by atoms with Gasteiger partial charge in [0.25, 0.3) is 0 Å². The van der Waals surface area contributed by atoms with Crippen LogP contribution in [-0.4, -0.2) is 31.0 Å². The van der Waals surface area contributed by atoms with Crippen molar-refractivity contribution in [3.8, 4) is 22.6 Å². The highest BCUT2D eigenvalue weighted by Gasteiger charge is 2.18. The molecule has 0 aliphatic carbocycles. The molecule has 2 aromatic rings. The van der Waals surface area contributed by atoms with Gasteiger partial charge in [-0.3, -0.25) is 0 Å². The number of nitrogen functional groups attached to an aromatic ring is 1. The SMILES string of the molecule is N=Cc1c(N)cc(-c2ccc(O)cc2)cc1OCC1CNC1. The monoisotopic (exact) mass is 297 g/mol. The molecule has 1 aliphatic rings. The van der Waals surface area contributed by atoms with Gasteiger partial charge in [0, 0.05) is 30.9 Å². The molecule has 0 aromatic heterocycles. The molecule has 0 unspecified atom stereocenters. The Morgan fingerprint density at radius 3 is 2.55 bits per heavy atom. The molecule has 1 saturated heterocycles. The number of anilines is 1. The third kappa shape index (κ3) is 2.89. The average Bonchev–Trinajstić information content (AvgIpc) is 2.46. The molecule has 5 nitrogen and oxygen atoms in total. The molecular formula is C17H19N3O2. The molecule has 0 spiro atoms. The molecule has 1 fully saturated rings. The van der Waals surface area contributed by atoms with Crippen molar-refractivity contribution >= 4 is 11.9 Å². The van der Waals surface area contributed by atoms with Gasteiger partial charge in [0.05, 0.1) is 12.2 Å². The summed E-state index contributed by atoms with van der Waals surface area (Å²) in [5.41, 5.74) is 9.03. The zero-order chi connectivity index (χ0) is 15.5. The van der Waals surface area contributed by atoms with Crippen molar-refractivity contribution < 1.29 is 9.84 Å². The first-order valence-corrected chi connectivity index (χ1v) is 7.24. The topological polar surface area (TPSA) is 91.4 Å². The molecule has 0 bridgehead atoms. The van der Waals surface area contributed by atoms with Crippen molar-refractivity contribution in [1.29, 1.82) is 5.41 Å². The maximum atomic E-state index is 9.39. The van der Waals surface area contributed by atoms with Crippen molar-refractivity contribution in [2.24, 2.45) is 5.92 Å². The molecular weight excluding hydrogens is 278 g/mol. The van der Waals surface area contributed by atoms with E-state index in [1.54, 1.807) is 12.1 Å². The van der Waals surface area contributed by atoms with Crippen LogP contribution >= 0.6 is 0 Å². The fourth-order valence-corrected chi connectivity index (χ4v) is 2.42. The lowest BCUT2D eigenvalue weighted by Gasteiger charge is -2.27. The summed E-state index contributed by atoms with van der Waals surface area (Å²) in [6.07, 6.45) is 1.23. The van der Waals surface area contributed by atoms with Crippen LogP contribution in [0.15, 0.2) is 36.4 Å². The van der Waals surface area contributed by atoms with Crippen molar-refractivity contribution in [3.05, 3.63) is 42.0 Å². The molecule has 114 valence electrons. The van der Waals surface area contributed by atoms with E-state index in [4.69, 9.17) is 15.9 Å². The maximum Gasteiger partial charge on any atom is 0.130 e. The van der Waals surface area contributed by atoms with E-state index in [1.807, 2.05) is 24.3 Å². The van der Waals surface area contributed by atoms with Gasteiger partial charge in [-0.2, -0.15) is 0 Å². The van der Waals surface area contributed by atoms with Crippen LogP contribution in [0.4, 0.5) is 5.69 Å². The Balaban J connectivity index is 1.91. The predicted octanol–water partition coefficient (Wildman–Crippen LogP) is 2.24. The normalized spacial score (nSPS) is 14.4. The Hall–Kier alpha value is -2.53. The molecule has 22 heavy (non-hydrogen) atoms. The number of phenols is 1. The van der Waals surface area contributed by atoms with Crippen molar-refractivity contribution in [2.75, 3.05) is 25.4 Å². The van der Waals surface area contributed by atoms with Gasteiger partial charge in [-0.1, -0.05) is 12.1 Å². The Morgan fingerprint density at radius 1 is 1.23 bits per heavy atom. The summed E-state index contributed by atoms with van der Waals surface area (Å²) in [4.78, 5) is 0. The van der Waals surface area contributed by atoms with E-state index in [1.165, 1.54) is 6.21 Å². The lowest BCUT2D eigenvalue weighted by atomic mass is 10.0.